The second-order valence-electron chi connectivity index (χ2n) is 2.52. The van der Waals surface area contributed by atoms with Crippen LogP contribution in [0.25, 0.3) is 0 Å². The fraction of sp³-hybridized carbons (Fsp3) is 0.556. The minimum atomic E-state index is 0. The molecule has 0 aromatic rings. The molecule has 2 rings (SSSR count). The van der Waals surface area contributed by atoms with Crippen molar-refractivity contribution in [3.63, 3.8) is 0 Å². The van der Waals surface area contributed by atoms with Crippen LogP contribution in [-0.2, 0) is 65.4 Å². The normalized spacial score (nSPS) is 15.7. The molecule has 0 aromatic carbocycles. The van der Waals surface area contributed by atoms with E-state index in [4.69, 9.17) is 6.58 Å². The Labute approximate surface area is 143 Å². The first kappa shape index (κ1) is 21.2. The predicted octanol–water partition coefficient (Wildman–Crippen LogP) is -0.0931. The van der Waals surface area contributed by atoms with Crippen molar-refractivity contribution in [2.75, 3.05) is 26.2 Å². The van der Waals surface area contributed by atoms with E-state index < -0.39 is 0 Å². The van der Waals surface area contributed by atoms with E-state index in [0.717, 1.165) is 32.0 Å². The molecule has 0 unspecified atom stereocenters. The van der Waals surface area contributed by atoms with Crippen LogP contribution in [0.2, 0.25) is 0 Å². The second kappa shape index (κ2) is 13.0. The van der Waals surface area contributed by atoms with Gasteiger partial charge in [0.25, 0.3) is 0 Å². The average Bonchev–Trinajstić information content (AvgIpc) is 2.63. The van der Waals surface area contributed by atoms with E-state index in [1.807, 2.05) is 0 Å². The van der Waals surface area contributed by atoms with Crippen molar-refractivity contribution in [1.29, 1.82) is 0 Å². The number of hydrogen-bond acceptors (Lipinski definition) is 4. The summed E-state index contributed by atoms with van der Waals surface area (Å²) in [6, 6.07) is 0. The number of amidine groups is 1. The molecule has 6 heteroatoms. The summed E-state index contributed by atoms with van der Waals surface area (Å²) < 4.78 is 0. The maximum Gasteiger partial charge on any atom is 0.0551 e. The third kappa shape index (κ3) is 11.2. The van der Waals surface area contributed by atoms with E-state index in [9.17, 15) is 0 Å². The SMILES string of the molecule is C.[CH-]=C1NCCN1.[CH2-]C1=NCCN1.[Y].[Y]. The Morgan fingerprint density at radius 2 is 1.60 bits per heavy atom. The molecule has 0 bridgehead atoms. The molecule has 0 aliphatic carbocycles. The smallest absolute Gasteiger partial charge is 0.0551 e. The van der Waals surface area contributed by atoms with Gasteiger partial charge in [0.15, 0.2) is 0 Å². The van der Waals surface area contributed by atoms with Gasteiger partial charge in [-0.15, -0.1) is 0 Å². The number of aliphatic imine (C=N–C) groups is 1. The molecule has 0 saturated carbocycles. The quantitative estimate of drug-likeness (QED) is 0.530. The largest absolute Gasteiger partial charge is 0.472 e. The summed E-state index contributed by atoms with van der Waals surface area (Å²) in [7, 11) is 0. The molecule has 2 aliphatic rings. The van der Waals surface area contributed by atoms with Gasteiger partial charge in [0.05, 0.1) is 6.54 Å². The summed E-state index contributed by atoms with van der Waals surface area (Å²) in [5.41, 5.74) is 0. The van der Waals surface area contributed by atoms with E-state index in [2.05, 4.69) is 27.9 Å². The van der Waals surface area contributed by atoms with Crippen LogP contribution in [0.5, 0.6) is 0 Å². The van der Waals surface area contributed by atoms with Crippen LogP contribution in [0.4, 0.5) is 0 Å². The molecule has 82 valence electrons. The zero-order chi connectivity index (χ0) is 8.81. The predicted molar refractivity (Wildman–Crippen MR) is 56.2 cm³/mol. The molecule has 0 atom stereocenters. The summed E-state index contributed by atoms with van der Waals surface area (Å²) in [6.45, 7) is 12.6. The molecule has 0 amide bonds. The van der Waals surface area contributed by atoms with Crippen molar-refractivity contribution in [2.24, 2.45) is 4.99 Å². The molecule has 0 spiro atoms. The fourth-order valence-electron chi connectivity index (χ4n) is 0.904. The first-order valence-corrected chi connectivity index (χ1v) is 3.99. The van der Waals surface area contributed by atoms with Crippen molar-refractivity contribution in [3.05, 3.63) is 19.3 Å². The zero-order valence-corrected chi connectivity index (χ0v) is 13.9. The van der Waals surface area contributed by atoms with Crippen molar-refractivity contribution < 1.29 is 65.4 Å². The molecule has 1 saturated heterocycles. The van der Waals surface area contributed by atoms with E-state index in [1.165, 1.54) is 0 Å². The Bertz CT molecular complexity index is 187. The van der Waals surface area contributed by atoms with Crippen LogP contribution in [-0.4, -0.2) is 32.0 Å². The monoisotopic (exact) mass is 360 g/mol. The average molecular weight is 360 g/mol. The van der Waals surface area contributed by atoms with Crippen LogP contribution in [0, 0.1) is 13.5 Å². The van der Waals surface area contributed by atoms with Crippen molar-refractivity contribution in [1.82, 2.24) is 16.0 Å². The van der Waals surface area contributed by atoms with Crippen LogP contribution in [0.15, 0.2) is 10.8 Å². The molecule has 2 aliphatic heterocycles. The number of hydrogen-bond donors (Lipinski definition) is 3. The molecule has 1 fully saturated rings. The number of rotatable bonds is 0. The minimum absolute atomic E-state index is 0. The molecule has 4 nitrogen and oxygen atoms in total. The molecule has 0 aromatic heterocycles. The van der Waals surface area contributed by atoms with Gasteiger partial charge in [0, 0.05) is 85.1 Å². The van der Waals surface area contributed by atoms with Gasteiger partial charge in [-0.2, -0.15) is 0 Å². The van der Waals surface area contributed by atoms with Gasteiger partial charge < -0.3 is 34.4 Å². The Morgan fingerprint density at radius 3 is 1.73 bits per heavy atom. The molecule has 3 N–H and O–H groups in total. The molecule has 2 radical (unpaired) electrons. The maximum atomic E-state index is 5.23. The maximum absolute atomic E-state index is 5.23. The van der Waals surface area contributed by atoms with Gasteiger partial charge in [-0.3, -0.25) is 0 Å². The van der Waals surface area contributed by atoms with Gasteiger partial charge in [-0.05, 0) is 5.84 Å². The molecule has 2 heterocycles. The second-order valence-corrected chi connectivity index (χ2v) is 2.52. The van der Waals surface area contributed by atoms with E-state index in [0.29, 0.717) is 5.82 Å². The van der Waals surface area contributed by atoms with Gasteiger partial charge in [0.1, 0.15) is 0 Å². The van der Waals surface area contributed by atoms with Crippen LogP contribution >= 0.6 is 0 Å². The molecular formula is C9H18N4Y2-2. The van der Waals surface area contributed by atoms with E-state index in [-0.39, 0.29) is 72.8 Å². The van der Waals surface area contributed by atoms with Gasteiger partial charge in [-0.25, -0.2) is 0 Å². The third-order valence-corrected chi connectivity index (χ3v) is 1.50. The summed E-state index contributed by atoms with van der Waals surface area (Å²) in [5.74, 6) is 1.53. The Kier molecular flexibility index (Phi) is 18.3. The summed E-state index contributed by atoms with van der Waals surface area (Å²) >= 11 is 0. The standard InChI is InChI=1S/2C4H7N2.CH4.2Y/c2*1-4-5-2-3-6-4;;;/h1-3H2,(H,5,6);1,5-6H,2-3H2;1H4;;/q2*-1;;;. The zero-order valence-electron chi connectivity index (χ0n) is 8.21. The van der Waals surface area contributed by atoms with Gasteiger partial charge >= 0.3 is 0 Å². The van der Waals surface area contributed by atoms with Crippen molar-refractivity contribution in [2.45, 2.75) is 7.43 Å². The molecule has 15 heavy (non-hydrogen) atoms. The summed E-state index contributed by atoms with van der Waals surface area (Å²) in [4.78, 5) is 3.93. The summed E-state index contributed by atoms with van der Waals surface area (Å²) in [6.07, 6.45) is 0. The number of nitrogens with one attached hydrogen (secondary N) is 3. The topological polar surface area (TPSA) is 48.5 Å². The van der Waals surface area contributed by atoms with Crippen LogP contribution < -0.4 is 16.0 Å². The van der Waals surface area contributed by atoms with Gasteiger partial charge in [0.2, 0.25) is 0 Å². The van der Waals surface area contributed by atoms with Crippen LogP contribution in [0.1, 0.15) is 7.43 Å². The van der Waals surface area contributed by atoms with Crippen LogP contribution in [0.3, 0.4) is 0 Å². The summed E-state index contributed by atoms with van der Waals surface area (Å²) in [5, 5.41) is 8.76. The third-order valence-electron chi connectivity index (χ3n) is 1.50. The number of nitrogens with zero attached hydrogens (tertiary/aromatic N) is 1. The molecular weight excluding hydrogens is 342 g/mol. The van der Waals surface area contributed by atoms with Crippen molar-refractivity contribution in [3.8, 4) is 0 Å². The Morgan fingerprint density at radius 1 is 1.07 bits per heavy atom. The van der Waals surface area contributed by atoms with Crippen molar-refractivity contribution >= 4 is 5.84 Å². The van der Waals surface area contributed by atoms with E-state index >= 15 is 0 Å². The fourth-order valence-corrected chi connectivity index (χ4v) is 0.904. The first-order chi connectivity index (χ1) is 5.79. The first-order valence-electron chi connectivity index (χ1n) is 3.99. The minimum Gasteiger partial charge on any atom is -0.472 e. The Hall–Kier alpha value is 0.888. The van der Waals surface area contributed by atoms with Gasteiger partial charge in [-0.1, -0.05) is 13.2 Å². The Balaban J connectivity index is -0.000000160. The van der Waals surface area contributed by atoms with E-state index in [1.54, 1.807) is 0 Å².